The van der Waals surface area contributed by atoms with Crippen molar-refractivity contribution in [1.29, 1.82) is 0 Å². The first-order valence-corrected chi connectivity index (χ1v) is 5.66. The number of hydrogen-bond acceptors (Lipinski definition) is 1. The first-order chi connectivity index (χ1) is 6.83. The van der Waals surface area contributed by atoms with Gasteiger partial charge in [-0.05, 0) is 37.0 Å². The lowest BCUT2D eigenvalue weighted by atomic mass is 9.99. The SMILES string of the molecule is CCCc1c(C)cccc1N1CCC1. The summed E-state index contributed by atoms with van der Waals surface area (Å²) in [5.41, 5.74) is 4.50. The average Bonchev–Trinajstić information content (AvgIpc) is 2.08. The van der Waals surface area contributed by atoms with Crippen molar-refractivity contribution in [3.63, 3.8) is 0 Å². The Morgan fingerprint density at radius 2 is 2.07 bits per heavy atom. The maximum Gasteiger partial charge on any atom is 0.0401 e. The second-order valence-electron chi connectivity index (χ2n) is 4.16. The number of nitrogens with zero attached hydrogens (tertiary/aromatic N) is 1. The predicted molar refractivity (Wildman–Crippen MR) is 62.0 cm³/mol. The fraction of sp³-hybridized carbons (Fsp3) is 0.538. The van der Waals surface area contributed by atoms with Gasteiger partial charge in [0.15, 0.2) is 0 Å². The van der Waals surface area contributed by atoms with Crippen LogP contribution in [0.5, 0.6) is 0 Å². The smallest absolute Gasteiger partial charge is 0.0401 e. The molecule has 1 saturated heterocycles. The van der Waals surface area contributed by atoms with E-state index in [0.717, 1.165) is 0 Å². The lowest BCUT2D eigenvalue weighted by Crippen LogP contribution is -2.37. The molecule has 2 rings (SSSR count). The second-order valence-corrected chi connectivity index (χ2v) is 4.16. The fourth-order valence-electron chi connectivity index (χ4n) is 2.12. The Morgan fingerprint density at radius 1 is 1.29 bits per heavy atom. The summed E-state index contributed by atoms with van der Waals surface area (Å²) < 4.78 is 0. The summed E-state index contributed by atoms with van der Waals surface area (Å²) in [4.78, 5) is 2.50. The van der Waals surface area contributed by atoms with Gasteiger partial charge in [-0.2, -0.15) is 0 Å². The third-order valence-electron chi connectivity index (χ3n) is 3.08. The Hall–Kier alpha value is -0.980. The minimum atomic E-state index is 1.22. The molecule has 76 valence electrons. The van der Waals surface area contributed by atoms with Gasteiger partial charge in [-0.3, -0.25) is 0 Å². The zero-order chi connectivity index (χ0) is 9.97. The van der Waals surface area contributed by atoms with Crippen LogP contribution in [0.25, 0.3) is 0 Å². The van der Waals surface area contributed by atoms with Crippen LogP contribution in [0.3, 0.4) is 0 Å². The minimum absolute atomic E-state index is 1.22. The van der Waals surface area contributed by atoms with Gasteiger partial charge in [0.05, 0.1) is 0 Å². The maximum atomic E-state index is 2.50. The lowest BCUT2D eigenvalue weighted by Gasteiger charge is -2.35. The molecule has 0 aliphatic carbocycles. The minimum Gasteiger partial charge on any atom is -0.371 e. The normalized spacial score (nSPS) is 15.4. The monoisotopic (exact) mass is 189 g/mol. The van der Waals surface area contributed by atoms with Gasteiger partial charge in [-0.25, -0.2) is 0 Å². The van der Waals surface area contributed by atoms with Crippen LogP contribution in [0.4, 0.5) is 5.69 Å². The second kappa shape index (κ2) is 4.04. The number of anilines is 1. The number of aryl methyl sites for hydroxylation is 1. The van der Waals surface area contributed by atoms with Crippen LogP contribution in [-0.4, -0.2) is 13.1 Å². The number of benzene rings is 1. The molecule has 1 aromatic carbocycles. The van der Waals surface area contributed by atoms with Crippen LogP contribution in [0.2, 0.25) is 0 Å². The van der Waals surface area contributed by atoms with Gasteiger partial charge >= 0.3 is 0 Å². The zero-order valence-corrected chi connectivity index (χ0v) is 9.21. The highest BCUT2D eigenvalue weighted by Gasteiger charge is 2.17. The largest absolute Gasteiger partial charge is 0.371 e. The lowest BCUT2D eigenvalue weighted by molar-refractivity contribution is 0.614. The van der Waals surface area contributed by atoms with E-state index < -0.39 is 0 Å². The van der Waals surface area contributed by atoms with E-state index in [1.807, 2.05) is 0 Å². The molecular weight excluding hydrogens is 170 g/mol. The Morgan fingerprint density at radius 3 is 2.64 bits per heavy atom. The Kier molecular flexibility index (Phi) is 2.76. The molecule has 0 atom stereocenters. The van der Waals surface area contributed by atoms with E-state index in [4.69, 9.17) is 0 Å². The van der Waals surface area contributed by atoms with Crippen molar-refractivity contribution in [2.45, 2.75) is 33.1 Å². The molecule has 1 aromatic rings. The molecule has 0 aromatic heterocycles. The van der Waals surface area contributed by atoms with E-state index in [-0.39, 0.29) is 0 Å². The highest BCUT2D eigenvalue weighted by Crippen LogP contribution is 2.28. The average molecular weight is 189 g/mol. The molecule has 0 N–H and O–H groups in total. The molecule has 1 aliphatic rings. The van der Waals surface area contributed by atoms with Crippen molar-refractivity contribution in [2.24, 2.45) is 0 Å². The van der Waals surface area contributed by atoms with E-state index in [2.05, 4.69) is 36.9 Å². The van der Waals surface area contributed by atoms with Gasteiger partial charge in [0.2, 0.25) is 0 Å². The number of hydrogen-bond donors (Lipinski definition) is 0. The molecule has 0 spiro atoms. The highest BCUT2D eigenvalue weighted by molar-refractivity contribution is 5.58. The van der Waals surface area contributed by atoms with E-state index in [0.29, 0.717) is 0 Å². The van der Waals surface area contributed by atoms with Crippen molar-refractivity contribution >= 4 is 5.69 Å². The van der Waals surface area contributed by atoms with Gasteiger partial charge in [-0.15, -0.1) is 0 Å². The van der Waals surface area contributed by atoms with E-state index in [9.17, 15) is 0 Å². The molecule has 0 saturated carbocycles. The highest BCUT2D eigenvalue weighted by atomic mass is 15.2. The van der Waals surface area contributed by atoms with Crippen LogP contribution >= 0.6 is 0 Å². The molecule has 14 heavy (non-hydrogen) atoms. The number of rotatable bonds is 3. The molecule has 1 fully saturated rings. The Balaban J connectivity index is 2.31. The summed E-state index contributed by atoms with van der Waals surface area (Å²) in [6.45, 7) is 6.99. The zero-order valence-electron chi connectivity index (χ0n) is 9.21. The van der Waals surface area contributed by atoms with E-state index >= 15 is 0 Å². The Labute approximate surface area is 86.7 Å². The molecule has 1 aliphatic heterocycles. The quantitative estimate of drug-likeness (QED) is 0.706. The van der Waals surface area contributed by atoms with Crippen LogP contribution in [0, 0.1) is 6.92 Å². The summed E-state index contributed by atoms with van der Waals surface area (Å²) in [7, 11) is 0. The fourth-order valence-corrected chi connectivity index (χ4v) is 2.12. The molecule has 0 unspecified atom stereocenters. The van der Waals surface area contributed by atoms with Gasteiger partial charge in [0, 0.05) is 18.8 Å². The van der Waals surface area contributed by atoms with Crippen LogP contribution in [0.1, 0.15) is 30.9 Å². The maximum absolute atomic E-state index is 2.50. The van der Waals surface area contributed by atoms with Crippen LogP contribution in [-0.2, 0) is 6.42 Å². The van der Waals surface area contributed by atoms with Crippen LogP contribution < -0.4 is 4.90 Å². The summed E-state index contributed by atoms with van der Waals surface area (Å²) >= 11 is 0. The Bertz CT molecular complexity index is 313. The van der Waals surface area contributed by atoms with Crippen LogP contribution in [0.15, 0.2) is 18.2 Å². The van der Waals surface area contributed by atoms with Gasteiger partial charge in [0.25, 0.3) is 0 Å². The van der Waals surface area contributed by atoms with Gasteiger partial charge < -0.3 is 4.90 Å². The molecular formula is C13H19N. The summed E-state index contributed by atoms with van der Waals surface area (Å²) in [5, 5.41) is 0. The molecule has 0 radical (unpaired) electrons. The standard InChI is InChI=1S/C13H19N/c1-3-6-12-11(2)7-4-8-13(12)14-9-5-10-14/h4,7-8H,3,5-6,9-10H2,1-2H3. The summed E-state index contributed by atoms with van der Waals surface area (Å²) in [5.74, 6) is 0. The summed E-state index contributed by atoms with van der Waals surface area (Å²) in [6.07, 6.45) is 3.82. The van der Waals surface area contributed by atoms with E-state index in [1.165, 1.54) is 43.6 Å². The summed E-state index contributed by atoms with van der Waals surface area (Å²) in [6, 6.07) is 6.69. The van der Waals surface area contributed by atoms with E-state index in [1.54, 1.807) is 5.56 Å². The molecule has 1 heteroatoms. The topological polar surface area (TPSA) is 3.24 Å². The third-order valence-corrected chi connectivity index (χ3v) is 3.08. The van der Waals surface area contributed by atoms with Crippen molar-refractivity contribution in [3.8, 4) is 0 Å². The van der Waals surface area contributed by atoms with Gasteiger partial charge in [-0.1, -0.05) is 25.5 Å². The van der Waals surface area contributed by atoms with Crippen molar-refractivity contribution in [2.75, 3.05) is 18.0 Å². The molecule has 1 heterocycles. The molecule has 0 amide bonds. The first kappa shape index (κ1) is 9.57. The molecule has 1 nitrogen and oxygen atoms in total. The predicted octanol–water partition coefficient (Wildman–Crippen LogP) is 3.16. The van der Waals surface area contributed by atoms with Crippen molar-refractivity contribution in [1.82, 2.24) is 0 Å². The van der Waals surface area contributed by atoms with Crippen molar-refractivity contribution in [3.05, 3.63) is 29.3 Å². The first-order valence-electron chi connectivity index (χ1n) is 5.66. The van der Waals surface area contributed by atoms with Gasteiger partial charge in [0.1, 0.15) is 0 Å². The molecule has 0 bridgehead atoms. The third kappa shape index (κ3) is 1.63. The van der Waals surface area contributed by atoms with Crippen molar-refractivity contribution < 1.29 is 0 Å².